The van der Waals surface area contributed by atoms with Gasteiger partial charge in [0.05, 0.1) is 0 Å². The molecule has 11 aromatic heterocycles. The lowest BCUT2D eigenvalue weighted by Crippen LogP contribution is -1.88. The summed E-state index contributed by atoms with van der Waals surface area (Å²) in [5.74, 6) is 1.84. The van der Waals surface area contributed by atoms with E-state index >= 15 is 0 Å². The first-order valence-corrected chi connectivity index (χ1v) is 36.2. The van der Waals surface area contributed by atoms with Gasteiger partial charge in [-0.25, -0.2) is 29.9 Å². The molecule has 96 heavy (non-hydrogen) atoms. The van der Waals surface area contributed by atoms with Gasteiger partial charge in [-0.3, -0.25) is 39.9 Å². The fourth-order valence-electron chi connectivity index (χ4n) is 10.7. The summed E-state index contributed by atoms with van der Waals surface area (Å²) in [6.45, 7) is 0. The van der Waals surface area contributed by atoms with Crippen molar-refractivity contribution in [1.82, 2.24) is 79.7 Å². The van der Waals surface area contributed by atoms with E-state index in [-0.39, 0.29) is 0 Å². The zero-order chi connectivity index (χ0) is 63.7. The highest BCUT2D eigenvalue weighted by Gasteiger charge is 2.28. The molecule has 0 saturated heterocycles. The van der Waals surface area contributed by atoms with Crippen molar-refractivity contribution in [2.24, 2.45) is 0 Å². The summed E-state index contributed by atoms with van der Waals surface area (Å²) < 4.78 is 0. The van der Waals surface area contributed by atoms with Gasteiger partial charge in [0.15, 0.2) is 23.3 Å². The highest BCUT2D eigenvalue weighted by molar-refractivity contribution is 8.03. The second-order valence-corrected chi connectivity index (χ2v) is 30.2. The van der Waals surface area contributed by atoms with E-state index in [1.54, 1.807) is 94.1 Å². The molecular weight excluding hydrogens is 1350 g/mol. The first-order chi connectivity index (χ1) is 47.5. The fraction of sp³-hybridized carbons (Fsp3) is 0. The minimum absolute atomic E-state index is 0.461. The molecule has 8 bridgehead atoms. The maximum Gasteiger partial charge on any atom is 0.164 e. The van der Waals surface area contributed by atoms with E-state index in [0.29, 0.717) is 45.9 Å². The van der Waals surface area contributed by atoms with Crippen LogP contribution in [0.5, 0.6) is 0 Å². The smallest absolute Gasteiger partial charge is 0.164 e. The van der Waals surface area contributed by atoms with Crippen LogP contribution in [-0.2, 0) is 0 Å². The van der Waals surface area contributed by atoms with E-state index in [4.69, 9.17) is 29.9 Å². The Morgan fingerprint density at radius 1 is 0.188 bits per heavy atom. The van der Waals surface area contributed by atoms with Crippen LogP contribution in [-0.4, -0.2) is 79.7 Å². The number of hydrogen-bond acceptors (Lipinski definition) is 22. The Bertz CT molecular complexity index is 4920. The van der Waals surface area contributed by atoms with Crippen molar-refractivity contribution in [1.29, 1.82) is 0 Å². The molecule has 0 fully saturated rings. The zero-order valence-corrected chi connectivity index (χ0v) is 56.2. The van der Waals surface area contributed by atoms with Crippen LogP contribution in [0, 0.1) is 0 Å². The largest absolute Gasteiger partial charge is 0.324 e. The standard InChI is InChI=1S/C72H42N16S8/c1-17-73-18-2-41(1)89-57-33-49-50(34-58(57)90-42-3-19-74-20-4-42)66-81-65(49)85-67-51-35-59(91-43-5-21-75-22-6-43)60(92-44-7-23-76-24-8-44)36-52(51)69(82-67)87-71-55-39-63(95-47-13-29-79-30-14-47)64(96-48-15-31-80-32-16-48)40-56(55)72(84-71)88-70-54-38-62(94-46-11-27-78-28-12-46)61(37-53(54)68(83-70)86-66)93-45-9-25-77-26-10-45/h1-40H,(H2,81,82,83,84,85,86,87,88). The average Bonchev–Trinajstić information content (AvgIpc) is 1.59. The molecule has 0 unspecified atom stereocenters. The van der Waals surface area contributed by atoms with Gasteiger partial charge in [-0.1, -0.05) is 94.1 Å². The van der Waals surface area contributed by atoms with Crippen molar-refractivity contribution in [2.75, 3.05) is 0 Å². The molecule has 0 saturated carbocycles. The van der Waals surface area contributed by atoms with Crippen molar-refractivity contribution in [3.05, 3.63) is 245 Å². The normalized spacial score (nSPS) is 11.7. The fourth-order valence-corrected chi connectivity index (χ4v) is 18.5. The maximum atomic E-state index is 5.66. The van der Waals surface area contributed by atoms with Crippen molar-refractivity contribution >= 4 is 138 Å². The van der Waals surface area contributed by atoms with E-state index in [1.807, 2.05) is 196 Å². The monoisotopic (exact) mass is 1390 g/mol. The van der Waals surface area contributed by atoms with Crippen LogP contribution in [0.3, 0.4) is 0 Å². The summed E-state index contributed by atoms with van der Waals surface area (Å²) in [5, 5.41) is 3.29. The predicted octanol–water partition coefficient (Wildman–Crippen LogP) is 19.2. The molecular formula is C72H42N16S8. The number of fused-ring (bicyclic) bond motifs is 20. The second-order valence-electron chi connectivity index (χ2n) is 21.3. The molecule has 2 aliphatic rings. The van der Waals surface area contributed by atoms with Gasteiger partial charge in [0.2, 0.25) is 0 Å². The number of pyridine rings is 8. The van der Waals surface area contributed by atoms with Gasteiger partial charge >= 0.3 is 0 Å². The zero-order valence-electron chi connectivity index (χ0n) is 49.6. The molecule has 458 valence electrons. The molecule has 2 N–H and O–H groups in total. The third kappa shape index (κ3) is 12.7. The Morgan fingerprint density at radius 3 is 0.510 bits per heavy atom. The molecule has 0 amide bonds. The molecule has 15 aromatic rings. The molecule has 24 heteroatoms. The lowest BCUT2D eigenvalue weighted by molar-refractivity contribution is 1.19. The molecule has 0 atom stereocenters. The van der Waals surface area contributed by atoms with Crippen LogP contribution in [0.15, 0.2) is 323 Å². The summed E-state index contributed by atoms with van der Waals surface area (Å²) in [7, 11) is 0. The number of aromatic amines is 2. The lowest BCUT2D eigenvalue weighted by Gasteiger charge is -2.12. The summed E-state index contributed by atoms with van der Waals surface area (Å²) in [6.07, 6.45) is 29.0. The summed E-state index contributed by atoms with van der Waals surface area (Å²) in [6, 6.07) is 49.9. The number of benzene rings is 4. The summed E-state index contributed by atoms with van der Waals surface area (Å²) in [4.78, 5) is 92.3. The number of hydrogen-bond donors (Lipinski definition) is 2. The highest BCUT2D eigenvalue weighted by atomic mass is 32.2. The number of aromatic nitrogens is 16. The maximum absolute atomic E-state index is 5.66. The second kappa shape index (κ2) is 26.8. The third-order valence-electron chi connectivity index (χ3n) is 15.1. The Labute approximate surface area is 581 Å². The van der Waals surface area contributed by atoms with Gasteiger partial charge < -0.3 is 9.97 Å². The molecule has 13 heterocycles. The van der Waals surface area contributed by atoms with E-state index in [9.17, 15) is 0 Å². The number of rotatable bonds is 16. The molecule has 4 aromatic carbocycles. The van der Waals surface area contributed by atoms with Gasteiger partial charge in [0.1, 0.15) is 22.6 Å². The van der Waals surface area contributed by atoms with Crippen molar-refractivity contribution in [3.63, 3.8) is 0 Å². The van der Waals surface area contributed by atoms with Gasteiger partial charge in [0, 0.05) is 221 Å². The molecule has 0 aliphatic carbocycles. The first kappa shape index (κ1) is 59.9. The Kier molecular flexibility index (Phi) is 16.7. The SMILES string of the molecule is c1cc(Sc2cc3c(cc2Sc2ccncc2)-c2nc-3nc3[nH]c(nc4nc(nc5[nH]c(n2)c2cc(Sc6ccncc6)c(Sc6ccncc6)cc52)-c2cc(Sc5ccncc5)c(Sc5ccncc5)cc2-4)c2cc(Sc4ccncc4)c(Sc4ccncc4)cc32)ccn1. The number of nitrogens with zero attached hydrogens (tertiary/aromatic N) is 14. The van der Waals surface area contributed by atoms with Gasteiger partial charge in [-0.2, -0.15) is 0 Å². The summed E-state index contributed by atoms with van der Waals surface area (Å²) >= 11 is 13.2. The summed E-state index contributed by atoms with van der Waals surface area (Å²) in [5.41, 5.74) is 5.38. The van der Waals surface area contributed by atoms with Crippen LogP contribution >= 0.6 is 94.1 Å². The lowest BCUT2D eigenvalue weighted by atomic mass is 10.1. The topological polar surface area (TPSA) is 212 Å². The van der Waals surface area contributed by atoms with Crippen molar-refractivity contribution in [2.45, 2.75) is 78.3 Å². The van der Waals surface area contributed by atoms with E-state index in [1.165, 1.54) is 0 Å². The van der Waals surface area contributed by atoms with E-state index in [0.717, 1.165) is 122 Å². The minimum atomic E-state index is 0.461. The molecule has 16 nitrogen and oxygen atoms in total. The van der Waals surface area contributed by atoms with Crippen LogP contribution in [0.1, 0.15) is 0 Å². The first-order valence-electron chi connectivity index (χ1n) is 29.7. The van der Waals surface area contributed by atoms with E-state index < -0.39 is 0 Å². The number of nitrogens with one attached hydrogen (secondary N) is 2. The third-order valence-corrected chi connectivity index (χ3v) is 24.1. The van der Waals surface area contributed by atoms with Gasteiger partial charge in [-0.05, 0) is 146 Å². The number of H-pyrrole nitrogens is 2. The quantitative estimate of drug-likeness (QED) is 0.0920. The highest BCUT2D eigenvalue weighted by Crippen LogP contribution is 2.50. The van der Waals surface area contributed by atoms with Gasteiger partial charge in [-0.15, -0.1) is 0 Å². The predicted molar refractivity (Wildman–Crippen MR) is 383 cm³/mol. The van der Waals surface area contributed by atoms with Crippen LogP contribution < -0.4 is 0 Å². The minimum Gasteiger partial charge on any atom is -0.324 e. The van der Waals surface area contributed by atoms with Crippen molar-refractivity contribution in [3.8, 4) is 45.6 Å². The Balaban J connectivity index is 0.987. The molecule has 0 radical (unpaired) electrons. The van der Waals surface area contributed by atoms with Crippen LogP contribution in [0.2, 0.25) is 0 Å². The molecule has 2 aliphatic heterocycles. The molecule has 17 rings (SSSR count). The van der Waals surface area contributed by atoms with Crippen LogP contribution in [0.4, 0.5) is 0 Å². The Morgan fingerprint density at radius 2 is 0.344 bits per heavy atom. The van der Waals surface area contributed by atoms with Crippen molar-refractivity contribution < 1.29 is 0 Å². The van der Waals surface area contributed by atoms with Crippen LogP contribution in [0.25, 0.3) is 89.7 Å². The average molecular weight is 1390 g/mol. The van der Waals surface area contributed by atoms with E-state index in [2.05, 4.69) is 98.4 Å². The molecule has 0 spiro atoms. The Hall–Kier alpha value is -9.76. The van der Waals surface area contributed by atoms with Gasteiger partial charge in [0.25, 0.3) is 0 Å².